The number of hydrogen-bond acceptors (Lipinski definition) is 5. The molecule has 0 atom stereocenters. The molecule has 0 amide bonds. The third-order valence-corrected chi connectivity index (χ3v) is 0. The van der Waals surface area contributed by atoms with Gasteiger partial charge in [-0.15, -0.1) is 0 Å². The summed E-state index contributed by atoms with van der Waals surface area (Å²) < 4.78 is 0. The summed E-state index contributed by atoms with van der Waals surface area (Å²) in [6.45, 7) is 16.1. The molecule has 21 heavy (non-hydrogen) atoms. The minimum atomic E-state index is -0.167. The SMILES string of the molecule is CC(C)=O.CC(C)=O.CC(C)=O.CC(C)O.CC(C)O.[Ti]. The van der Waals surface area contributed by atoms with E-state index in [1.165, 1.54) is 41.5 Å². The molecule has 0 aromatic carbocycles. The number of hydrogen-bond donors (Lipinski definition) is 2. The van der Waals surface area contributed by atoms with E-state index in [-0.39, 0.29) is 51.3 Å². The Hall–Kier alpha value is -0.356. The molecule has 0 bridgehead atoms. The van der Waals surface area contributed by atoms with Gasteiger partial charge in [0.25, 0.3) is 0 Å². The molecule has 2 N–H and O–H groups in total. The van der Waals surface area contributed by atoms with Gasteiger partial charge in [0.05, 0.1) is 0 Å². The van der Waals surface area contributed by atoms with Crippen molar-refractivity contribution < 1.29 is 46.3 Å². The summed E-state index contributed by atoms with van der Waals surface area (Å²) >= 11 is 0. The molecule has 0 aliphatic carbocycles. The maximum atomic E-state index is 9.44. The van der Waals surface area contributed by atoms with E-state index in [9.17, 15) is 14.4 Å². The molecule has 0 spiro atoms. The average molecular weight is 342 g/mol. The molecular weight excluding hydrogens is 308 g/mol. The first-order chi connectivity index (χ1) is 8.66. The van der Waals surface area contributed by atoms with Crippen LogP contribution in [0, 0.1) is 0 Å². The van der Waals surface area contributed by atoms with Crippen molar-refractivity contribution in [1.82, 2.24) is 0 Å². The van der Waals surface area contributed by atoms with Gasteiger partial charge in [0, 0.05) is 33.9 Å². The van der Waals surface area contributed by atoms with Crippen molar-refractivity contribution in [3.8, 4) is 0 Å². The van der Waals surface area contributed by atoms with Crippen LogP contribution in [0.2, 0.25) is 0 Å². The van der Waals surface area contributed by atoms with E-state index in [2.05, 4.69) is 0 Å². The minimum Gasteiger partial charge on any atom is -0.394 e. The zero-order valence-electron chi connectivity index (χ0n) is 15.3. The molecule has 0 unspecified atom stereocenters. The summed E-state index contributed by atoms with van der Waals surface area (Å²) in [5.41, 5.74) is 0. The molecule has 0 aliphatic heterocycles. The Bertz CT molecular complexity index is 174. The van der Waals surface area contributed by atoms with Gasteiger partial charge in [-0.3, -0.25) is 0 Å². The first-order valence-electron chi connectivity index (χ1n) is 6.44. The zero-order valence-corrected chi connectivity index (χ0v) is 16.8. The predicted octanol–water partition coefficient (Wildman–Crippen LogP) is 2.56. The molecule has 0 aromatic rings. The first-order valence-corrected chi connectivity index (χ1v) is 6.44. The van der Waals surface area contributed by atoms with Crippen molar-refractivity contribution >= 4 is 17.3 Å². The van der Waals surface area contributed by atoms with Gasteiger partial charge in [-0.05, 0) is 69.2 Å². The van der Waals surface area contributed by atoms with E-state index in [1.54, 1.807) is 27.7 Å². The largest absolute Gasteiger partial charge is 0.394 e. The second-order valence-electron chi connectivity index (χ2n) is 4.91. The van der Waals surface area contributed by atoms with Gasteiger partial charge < -0.3 is 24.6 Å². The molecule has 5 nitrogen and oxygen atoms in total. The molecule has 0 saturated heterocycles. The van der Waals surface area contributed by atoms with E-state index in [4.69, 9.17) is 10.2 Å². The van der Waals surface area contributed by atoms with Crippen LogP contribution in [0.3, 0.4) is 0 Å². The number of Topliss-reactive ketones (excluding diaryl/α,β-unsaturated/α-hetero) is 3. The van der Waals surface area contributed by atoms with Gasteiger partial charge in [0.1, 0.15) is 17.3 Å². The quantitative estimate of drug-likeness (QED) is 0.660. The molecule has 0 aromatic heterocycles. The van der Waals surface area contributed by atoms with Gasteiger partial charge in [-0.2, -0.15) is 0 Å². The Morgan fingerprint density at radius 1 is 0.571 bits per heavy atom. The number of carbonyl (C=O) groups is 3. The standard InChI is InChI=1S/2C3H8O.3C3H6O.Ti/c5*1-3(2)4;/h2*3-4H,1-2H3;3*1-2H3;. The van der Waals surface area contributed by atoms with Gasteiger partial charge >= 0.3 is 0 Å². The van der Waals surface area contributed by atoms with Crippen LogP contribution in [0.25, 0.3) is 0 Å². The van der Waals surface area contributed by atoms with E-state index >= 15 is 0 Å². The molecule has 0 heterocycles. The van der Waals surface area contributed by atoms with Crippen molar-refractivity contribution in [2.24, 2.45) is 0 Å². The molecule has 128 valence electrons. The third-order valence-electron chi connectivity index (χ3n) is 0. The van der Waals surface area contributed by atoms with Crippen molar-refractivity contribution in [2.45, 2.75) is 81.4 Å². The molecule has 0 aliphatic rings. The zero-order chi connectivity index (χ0) is 17.9. The fraction of sp³-hybridized carbons (Fsp3) is 0.800. The average Bonchev–Trinajstić information content (AvgIpc) is 1.94. The number of rotatable bonds is 0. The number of carbonyl (C=O) groups excluding carboxylic acids is 3. The van der Waals surface area contributed by atoms with Crippen molar-refractivity contribution in [2.75, 3.05) is 0 Å². The Morgan fingerprint density at radius 3 is 0.571 bits per heavy atom. The number of aliphatic hydroxyl groups excluding tert-OH is 2. The molecular formula is C15H34O5Ti. The summed E-state index contributed by atoms with van der Waals surface area (Å²) in [7, 11) is 0. The normalized spacial score (nSPS) is 7.14. The predicted molar refractivity (Wildman–Crippen MR) is 83.8 cm³/mol. The molecule has 0 saturated carbocycles. The Labute approximate surface area is 145 Å². The van der Waals surface area contributed by atoms with Crippen LogP contribution in [0.5, 0.6) is 0 Å². The topological polar surface area (TPSA) is 91.7 Å². The first kappa shape index (κ1) is 37.1. The Kier molecular flexibility index (Phi) is 56.3. The molecule has 0 rings (SSSR count). The second kappa shape index (κ2) is 31.8. The number of ketones is 3. The van der Waals surface area contributed by atoms with E-state index in [0.717, 1.165) is 0 Å². The number of aliphatic hydroxyl groups is 2. The molecule has 6 heteroatoms. The van der Waals surface area contributed by atoms with E-state index < -0.39 is 0 Å². The maximum Gasteiger partial charge on any atom is 0.126 e. The van der Waals surface area contributed by atoms with Crippen LogP contribution in [0.15, 0.2) is 0 Å². The summed E-state index contributed by atoms with van der Waals surface area (Å²) in [5, 5.41) is 16.1. The minimum absolute atomic E-state index is 0. The van der Waals surface area contributed by atoms with Gasteiger partial charge in [0.15, 0.2) is 0 Å². The van der Waals surface area contributed by atoms with Crippen molar-refractivity contribution in [1.29, 1.82) is 0 Å². The Morgan fingerprint density at radius 2 is 0.571 bits per heavy atom. The van der Waals surface area contributed by atoms with Gasteiger partial charge in [-0.25, -0.2) is 0 Å². The molecule has 0 fully saturated rings. The van der Waals surface area contributed by atoms with Gasteiger partial charge in [0.2, 0.25) is 0 Å². The van der Waals surface area contributed by atoms with Crippen LogP contribution in [-0.2, 0) is 36.1 Å². The summed E-state index contributed by atoms with van der Waals surface area (Å²) in [6, 6.07) is 0. The molecule has 0 radical (unpaired) electrons. The van der Waals surface area contributed by atoms with Crippen molar-refractivity contribution in [3.63, 3.8) is 0 Å². The van der Waals surface area contributed by atoms with Crippen molar-refractivity contribution in [3.05, 3.63) is 0 Å². The second-order valence-corrected chi connectivity index (χ2v) is 4.91. The fourth-order valence-electron chi connectivity index (χ4n) is 0. The van der Waals surface area contributed by atoms with E-state index in [1.807, 2.05) is 0 Å². The monoisotopic (exact) mass is 342 g/mol. The van der Waals surface area contributed by atoms with E-state index in [0.29, 0.717) is 0 Å². The smallest absolute Gasteiger partial charge is 0.126 e. The summed E-state index contributed by atoms with van der Waals surface area (Å²) in [4.78, 5) is 28.3. The van der Waals surface area contributed by atoms with Gasteiger partial charge in [-0.1, -0.05) is 0 Å². The summed E-state index contributed by atoms with van der Waals surface area (Å²) in [5.74, 6) is 0.500. The maximum absolute atomic E-state index is 9.44. The summed E-state index contributed by atoms with van der Waals surface area (Å²) in [6.07, 6.45) is -0.333. The van der Waals surface area contributed by atoms with Crippen LogP contribution in [0.1, 0.15) is 69.2 Å². The Balaban J connectivity index is -0.0000000331. The third kappa shape index (κ3) is 48300. The van der Waals surface area contributed by atoms with Crippen LogP contribution in [-0.4, -0.2) is 39.8 Å². The van der Waals surface area contributed by atoms with Crippen LogP contribution >= 0.6 is 0 Å². The van der Waals surface area contributed by atoms with Crippen LogP contribution < -0.4 is 0 Å². The fourth-order valence-corrected chi connectivity index (χ4v) is 0. The van der Waals surface area contributed by atoms with Crippen LogP contribution in [0.4, 0.5) is 0 Å².